The van der Waals surface area contributed by atoms with Crippen molar-refractivity contribution in [2.24, 2.45) is 5.92 Å². The van der Waals surface area contributed by atoms with E-state index in [4.69, 9.17) is 15.2 Å². The number of nitrogens with two attached hydrogens (primary N) is 1. The van der Waals surface area contributed by atoms with E-state index in [2.05, 4.69) is 17.2 Å². The van der Waals surface area contributed by atoms with Gasteiger partial charge < -0.3 is 35.4 Å². The number of carbonyl (C=O) groups is 4. The second-order valence-corrected chi connectivity index (χ2v) is 15.6. The lowest BCUT2D eigenvalue weighted by molar-refractivity contribution is -0.135. The molecular weight excluding hydrogens is 672 g/mol. The van der Waals surface area contributed by atoms with E-state index in [1.807, 2.05) is 44.7 Å². The lowest BCUT2D eigenvalue weighted by Crippen LogP contribution is -2.50. The van der Waals surface area contributed by atoms with Gasteiger partial charge in [-0.25, -0.2) is 4.79 Å². The Hall–Kier alpha value is -4.56. The molecule has 4 N–H and O–H groups in total. The first-order valence-electron chi connectivity index (χ1n) is 19.2. The molecule has 53 heavy (non-hydrogen) atoms. The molecule has 11 nitrogen and oxygen atoms in total. The Balaban J connectivity index is 1.11. The first-order chi connectivity index (χ1) is 25.3. The predicted molar refractivity (Wildman–Crippen MR) is 203 cm³/mol. The molecule has 2 fully saturated rings. The summed E-state index contributed by atoms with van der Waals surface area (Å²) in [5, 5.41) is 13.4. The highest BCUT2D eigenvalue weighted by Crippen LogP contribution is 2.34. The number of amides is 3. The maximum absolute atomic E-state index is 13.4. The molecule has 1 aliphatic heterocycles. The molecule has 286 valence electrons. The largest absolute Gasteiger partial charge is 0.495 e. The molecule has 1 heterocycles. The van der Waals surface area contributed by atoms with Gasteiger partial charge in [0.15, 0.2) is 5.78 Å². The summed E-state index contributed by atoms with van der Waals surface area (Å²) in [6.45, 7) is 8.46. The van der Waals surface area contributed by atoms with Gasteiger partial charge in [-0.15, -0.1) is 0 Å². The number of Topliss-reactive ketones (excluding diaryl/α,β-unsaturated/α-hetero) is 1. The maximum Gasteiger partial charge on any atom is 0.410 e. The van der Waals surface area contributed by atoms with Crippen molar-refractivity contribution in [3.63, 3.8) is 0 Å². The minimum Gasteiger partial charge on any atom is -0.495 e. The van der Waals surface area contributed by atoms with Crippen LogP contribution < -0.4 is 15.8 Å². The SMILES string of the molecule is CCC1C(=O)C(N2Cc3c(C#CCCCCCN(C(=O)OC(C)(C)C)C4CCC(NC(=O)c5ccc(N)c(OC)c5)CC4)cccc3C2=O)CCC1O. The average Bonchev–Trinajstić information content (AvgIpc) is 3.45. The Morgan fingerprint density at radius 2 is 1.79 bits per heavy atom. The number of carbonyl (C=O) groups excluding carboxylic acids is 4. The topological polar surface area (TPSA) is 152 Å². The lowest BCUT2D eigenvalue weighted by atomic mass is 9.80. The van der Waals surface area contributed by atoms with E-state index in [-0.39, 0.29) is 35.8 Å². The lowest BCUT2D eigenvalue weighted by Gasteiger charge is -2.38. The molecule has 3 unspecified atom stereocenters. The van der Waals surface area contributed by atoms with Gasteiger partial charge in [-0.2, -0.15) is 0 Å². The van der Waals surface area contributed by atoms with E-state index in [1.165, 1.54) is 7.11 Å². The van der Waals surface area contributed by atoms with Crippen molar-refractivity contribution in [3.8, 4) is 17.6 Å². The summed E-state index contributed by atoms with van der Waals surface area (Å²) in [5.74, 6) is 6.25. The molecule has 0 aromatic heterocycles. The summed E-state index contributed by atoms with van der Waals surface area (Å²) in [4.78, 5) is 56.3. The number of nitrogen functional groups attached to an aromatic ring is 1. The number of nitrogens with one attached hydrogen (secondary N) is 1. The summed E-state index contributed by atoms with van der Waals surface area (Å²) in [6.07, 6.45) is 6.87. The third-order valence-corrected chi connectivity index (χ3v) is 10.7. The van der Waals surface area contributed by atoms with Crippen LogP contribution in [0, 0.1) is 17.8 Å². The smallest absolute Gasteiger partial charge is 0.410 e. The zero-order valence-electron chi connectivity index (χ0n) is 31.9. The van der Waals surface area contributed by atoms with Crippen LogP contribution in [0.25, 0.3) is 0 Å². The van der Waals surface area contributed by atoms with E-state index in [0.717, 1.165) is 56.1 Å². The molecule has 5 rings (SSSR count). The number of ketones is 1. The van der Waals surface area contributed by atoms with E-state index in [9.17, 15) is 24.3 Å². The van der Waals surface area contributed by atoms with Gasteiger partial charge in [-0.1, -0.05) is 31.3 Å². The molecule has 2 aromatic carbocycles. The van der Waals surface area contributed by atoms with Crippen LogP contribution >= 0.6 is 0 Å². The fraction of sp³-hybridized carbons (Fsp3) is 0.571. The highest BCUT2D eigenvalue weighted by molar-refractivity contribution is 6.02. The van der Waals surface area contributed by atoms with Crippen molar-refractivity contribution in [3.05, 3.63) is 58.7 Å². The van der Waals surface area contributed by atoms with Crippen LogP contribution in [0.15, 0.2) is 36.4 Å². The van der Waals surface area contributed by atoms with E-state index < -0.39 is 23.7 Å². The number of anilines is 1. The molecule has 3 amide bonds. The van der Waals surface area contributed by atoms with Crippen molar-refractivity contribution in [2.45, 2.75) is 135 Å². The normalized spacial score (nSPS) is 22.8. The van der Waals surface area contributed by atoms with Gasteiger partial charge in [-0.05, 0) is 114 Å². The summed E-state index contributed by atoms with van der Waals surface area (Å²) in [5.41, 5.74) is 8.54. The Labute approximate surface area is 313 Å². The van der Waals surface area contributed by atoms with Gasteiger partial charge in [0, 0.05) is 54.2 Å². The summed E-state index contributed by atoms with van der Waals surface area (Å²) < 4.78 is 11.1. The molecule has 0 spiro atoms. The predicted octanol–water partition coefficient (Wildman–Crippen LogP) is 6.24. The summed E-state index contributed by atoms with van der Waals surface area (Å²) in [6, 6.07) is 10.1. The van der Waals surface area contributed by atoms with Gasteiger partial charge in [0.05, 0.1) is 24.9 Å². The third kappa shape index (κ3) is 9.71. The molecule has 0 saturated heterocycles. The van der Waals surface area contributed by atoms with E-state index in [1.54, 1.807) is 29.2 Å². The van der Waals surface area contributed by atoms with Crippen LogP contribution in [0.3, 0.4) is 0 Å². The third-order valence-electron chi connectivity index (χ3n) is 10.7. The van der Waals surface area contributed by atoms with E-state index in [0.29, 0.717) is 61.3 Å². The fourth-order valence-electron chi connectivity index (χ4n) is 7.84. The average molecular weight is 729 g/mol. The van der Waals surface area contributed by atoms with Gasteiger partial charge in [0.1, 0.15) is 11.4 Å². The van der Waals surface area contributed by atoms with E-state index >= 15 is 0 Å². The molecule has 2 aromatic rings. The molecule has 3 atom stereocenters. The number of rotatable bonds is 11. The van der Waals surface area contributed by atoms with Gasteiger partial charge >= 0.3 is 6.09 Å². The van der Waals surface area contributed by atoms with Crippen molar-refractivity contribution >= 4 is 29.4 Å². The number of hydrogen-bond acceptors (Lipinski definition) is 8. The van der Waals surface area contributed by atoms with Gasteiger partial charge in [-0.3, -0.25) is 14.4 Å². The van der Waals surface area contributed by atoms with Crippen molar-refractivity contribution in [1.29, 1.82) is 0 Å². The number of benzene rings is 2. The molecule has 0 radical (unpaired) electrons. The van der Waals surface area contributed by atoms with Crippen molar-refractivity contribution in [1.82, 2.24) is 15.1 Å². The van der Waals surface area contributed by atoms with Crippen LogP contribution in [0.2, 0.25) is 0 Å². The molecule has 3 aliphatic rings. The number of aliphatic hydroxyl groups excluding tert-OH is 1. The van der Waals surface area contributed by atoms with Gasteiger partial charge in [0.2, 0.25) is 0 Å². The zero-order chi connectivity index (χ0) is 38.3. The number of fused-ring (bicyclic) bond motifs is 1. The zero-order valence-corrected chi connectivity index (χ0v) is 31.9. The number of ether oxygens (including phenoxy) is 2. The highest BCUT2D eigenvalue weighted by atomic mass is 16.6. The minimum atomic E-state index is -0.640. The van der Waals surface area contributed by atoms with Crippen molar-refractivity contribution in [2.75, 3.05) is 19.4 Å². The highest BCUT2D eigenvalue weighted by Gasteiger charge is 2.43. The summed E-state index contributed by atoms with van der Waals surface area (Å²) in [7, 11) is 1.52. The van der Waals surface area contributed by atoms with Crippen LogP contribution in [0.1, 0.15) is 130 Å². The molecule has 0 bridgehead atoms. The Bertz CT molecular complexity index is 1720. The molecule has 2 aliphatic carbocycles. The quantitative estimate of drug-likeness (QED) is 0.140. The number of unbranched alkanes of at least 4 members (excludes halogenated alkanes) is 3. The first-order valence-corrected chi connectivity index (χ1v) is 19.2. The minimum absolute atomic E-state index is 0.00517. The number of nitrogens with zero attached hydrogens (tertiary/aromatic N) is 2. The maximum atomic E-state index is 13.4. The summed E-state index contributed by atoms with van der Waals surface area (Å²) >= 11 is 0. The number of aliphatic hydroxyl groups is 1. The second kappa shape index (κ2) is 17.5. The van der Waals surface area contributed by atoms with Crippen LogP contribution in [-0.4, -0.2) is 82.1 Å². The first kappa shape index (κ1) is 39.6. The number of methoxy groups -OCH3 is 1. The van der Waals surface area contributed by atoms with Crippen molar-refractivity contribution < 1.29 is 33.8 Å². The molecule has 11 heteroatoms. The molecule has 2 saturated carbocycles. The second-order valence-electron chi connectivity index (χ2n) is 15.6. The van der Waals surface area contributed by atoms with Gasteiger partial charge in [0.25, 0.3) is 11.8 Å². The van der Waals surface area contributed by atoms with Crippen LogP contribution in [-0.2, 0) is 16.1 Å². The Kier molecular flexibility index (Phi) is 13.1. The monoisotopic (exact) mass is 728 g/mol. The number of hydrogen-bond donors (Lipinski definition) is 3. The van der Waals surface area contributed by atoms with Crippen LogP contribution in [0.4, 0.5) is 10.5 Å². The Morgan fingerprint density at radius 3 is 2.49 bits per heavy atom. The fourth-order valence-corrected chi connectivity index (χ4v) is 7.84. The standard InChI is InChI=1S/C42H56N4O7/c1-6-31-36(47)23-22-35(38(31)48)46-26-33-27(14-12-15-32(33)40(46)50)13-10-8-7-9-11-24-45(41(51)53-42(2,3)4)30-19-17-29(18-20-30)44-39(49)28-16-21-34(43)37(25-28)52-5/h12,14-16,21,25,29-31,35-36,47H,6-9,11,17-20,22-24,26,43H2,1-5H3,(H,44,49). The van der Waals surface area contributed by atoms with Crippen LogP contribution in [0.5, 0.6) is 5.75 Å². The molecular formula is C42H56N4O7. The Morgan fingerprint density at radius 1 is 1.04 bits per heavy atom.